The SMILES string of the molecule is CSS1(Oc2nc3c(Br)cccc3cc2Br)C=CC=C1CNC(C)=O. The van der Waals surface area contributed by atoms with Crippen molar-refractivity contribution in [2.75, 3.05) is 12.8 Å². The van der Waals surface area contributed by atoms with E-state index in [9.17, 15) is 4.79 Å². The number of fused-ring (bicyclic) bond motifs is 1. The quantitative estimate of drug-likeness (QED) is 0.533. The van der Waals surface area contributed by atoms with Gasteiger partial charge in [0.05, 0.1) is 16.5 Å². The summed E-state index contributed by atoms with van der Waals surface area (Å²) in [5.41, 5.74) is 0.853. The van der Waals surface area contributed by atoms with Crippen LogP contribution in [-0.2, 0) is 4.79 Å². The lowest BCUT2D eigenvalue weighted by Crippen LogP contribution is -2.24. The van der Waals surface area contributed by atoms with Gasteiger partial charge < -0.3 is 9.50 Å². The molecule has 2 heterocycles. The molecule has 1 amide bonds. The number of aromatic nitrogens is 1. The lowest BCUT2D eigenvalue weighted by Gasteiger charge is -2.34. The minimum atomic E-state index is -1.72. The number of hydrogen-bond acceptors (Lipinski definition) is 4. The van der Waals surface area contributed by atoms with Crippen molar-refractivity contribution in [2.45, 2.75) is 6.92 Å². The summed E-state index contributed by atoms with van der Waals surface area (Å²) >= 11 is 7.12. The lowest BCUT2D eigenvalue weighted by atomic mass is 10.2. The molecule has 132 valence electrons. The molecule has 0 saturated carbocycles. The molecule has 2 aromatic rings. The molecule has 0 radical (unpaired) electrons. The number of amides is 1. The van der Waals surface area contributed by atoms with Crippen molar-refractivity contribution in [2.24, 2.45) is 0 Å². The third-order valence-electron chi connectivity index (χ3n) is 3.59. The number of pyridine rings is 1. The number of nitrogens with zero attached hydrogens (tertiary/aromatic N) is 1. The molecule has 8 heteroatoms. The first-order chi connectivity index (χ1) is 11.9. The molecule has 1 unspecified atom stereocenters. The fourth-order valence-electron chi connectivity index (χ4n) is 2.38. The van der Waals surface area contributed by atoms with Gasteiger partial charge in [0, 0.05) is 36.4 Å². The van der Waals surface area contributed by atoms with Gasteiger partial charge in [0.25, 0.3) is 0 Å². The smallest absolute Gasteiger partial charge is 0.242 e. The first-order valence-electron chi connectivity index (χ1n) is 7.40. The van der Waals surface area contributed by atoms with Crippen LogP contribution in [0.2, 0.25) is 0 Å². The van der Waals surface area contributed by atoms with Crippen LogP contribution in [0.5, 0.6) is 5.88 Å². The average molecular weight is 504 g/mol. The summed E-state index contributed by atoms with van der Waals surface area (Å²) in [6, 6.07) is 7.95. The Morgan fingerprint density at radius 2 is 2.16 bits per heavy atom. The van der Waals surface area contributed by atoms with E-state index >= 15 is 0 Å². The van der Waals surface area contributed by atoms with E-state index < -0.39 is 9.34 Å². The van der Waals surface area contributed by atoms with Crippen LogP contribution in [0.1, 0.15) is 6.92 Å². The van der Waals surface area contributed by atoms with Gasteiger partial charge in [-0.05, 0) is 56.3 Å². The molecule has 1 aromatic carbocycles. The molecule has 25 heavy (non-hydrogen) atoms. The fourth-order valence-corrected chi connectivity index (χ4v) is 7.20. The van der Waals surface area contributed by atoms with E-state index in [0.29, 0.717) is 12.4 Å². The van der Waals surface area contributed by atoms with Crippen LogP contribution >= 0.6 is 52.0 Å². The maximum absolute atomic E-state index is 11.3. The van der Waals surface area contributed by atoms with Gasteiger partial charge in [-0.25, -0.2) is 4.98 Å². The highest BCUT2D eigenvalue weighted by molar-refractivity contribution is 9.11. The number of allylic oxidation sites excluding steroid dienone is 2. The third-order valence-corrected chi connectivity index (χ3v) is 9.89. The Hall–Kier alpha value is -0.960. The van der Waals surface area contributed by atoms with Crippen molar-refractivity contribution < 1.29 is 8.98 Å². The Morgan fingerprint density at radius 1 is 1.36 bits per heavy atom. The predicted octanol–water partition coefficient (Wildman–Crippen LogP) is 5.68. The minimum Gasteiger partial charge on any atom is -0.410 e. The summed E-state index contributed by atoms with van der Waals surface area (Å²) in [6.07, 6.45) is 6.00. The summed E-state index contributed by atoms with van der Waals surface area (Å²) < 4.78 is 8.14. The highest BCUT2D eigenvalue weighted by Crippen LogP contribution is 2.68. The standard InChI is InChI=1S/C17H16Br2N2O2S2/c1-11(22)20-10-13-6-4-8-25(13,24-2)23-17-15(19)9-12-5-3-7-14(18)16(12)21-17/h3-9H,10H2,1-2H3,(H,20,22). The van der Waals surface area contributed by atoms with Crippen LogP contribution in [0.15, 0.2) is 55.7 Å². The van der Waals surface area contributed by atoms with Gasteiger partial charge in [0.2, 0.25) is 11.8 Å². The minimum absolute atomic E-state index is 0.0591. The van der Waals surface area contributed by atoms with Gasteiger partial charge in [-0.1, -0.05) is 29.0 Å². The van der Waals surface area contributed by atoms with Crippen molar-refractivity contribution in [3.05, 3.63) is 55.7 Å². The normalized spacial score (nSPS) is 21.7. The third kappa shape index (κ3) is 3.92. The molecule has 1 N–H and O–H groups in total. The van der Waals surface area contributed by atoms with Gasteiger partial charge in [0.15, 0.2) is 0 Å². The van der Waals surface area contributed by atoms with Crippen LogP contribution in [0.3, 0.4) is 0 Å². The maximum atomic E-state index is 11.3. The van der Waals surface area contributed by atoms with Gasteiger partial charge in [-0.3, -0.25) is 4.79 Å². The van der Waals surface area contributed by atoms with E-state index in [1.807, 2.05) is 42.7 Å². The van der Waals surface area contributed by atoms with Crippen LogP contribution < -0.4 is 9.50 Å². The fraction of sp³-hybridized carbons (Fsp3) is 0.176. The number of rotatable bonds is 5. The number of halogens is 2. The molecule has 0 bridgehead atoms. The monoisotopic (exact) mass is 502 g/mol. The first kappa shape index (κ1) is 18.8. The zero-order chi connectivity index (χ0) is 18.0. The van der Waals surface area contributed by atoms with Gasteiger partial charge in [-0.2, -0.15) is 0 Å². The molecule has 0 aliphatic carbocycles. The van der Waals surface area contributed by atoms with Gasteiger partial charge in [-0.15, -0.1) is 0 Å². The van der Waals surface area contributed by atoms with Crippen LogP contribution in [0.4, 0.5) is 0 Å². The molecule has 3 rings (SSSR count). The first-order valence-corrected chi connectivity index (χ1v) is 12.3. The number of hydrogen-bond donors (Lipinski definition) is 1. The second-order valence-electron chi connectivity index (χ2n) is 5.25. The van der Waals surface area contributed by atoms with Crippen molar-refractivity contribution in [1.29, 1.82) is 0 Å². The molecule has 0 saturated heterocycles. The molecule has 1 aliphatic heterocycles. The Labute approximate surface area is 168 Å². The van der Waals surface area contributed by atoms with Gasteiger partial charge >= 0.3 is 0 Å². The molecule has 1 aromatic heterocycles. The maximum Gasteiger partial charge on any atom is 0.242 e. The topological polar surface area (TPSA) is 51.2 Å². The van der Waals surface area contributed by atoms with E-state index in [1.54, 1.807) is 10.8 Å². The average Bonchev–Trinajstić information content (AvgIpc) is 2.97. The largest absolute Gasteiger partial charge is 0.410 e. The van der Waals surface area contributed by atoms with E-state index in [0.717, 1.165) is 24.8 Å². The Morgan fingerprint density at radius 3 is 2.88 bits per heavy atom. The predicted molar refractivity (Wildman–Crippen MR) is 115 cm³/mol. The second-order valence-corrected chi connectivity index (χ2v) is 11.8. The zero-order valence-corrected chi connectivity index (χ0v) is 18.4. The Balaban J connectivity index is 1.96. The molecule has 0 fully saturated rings. The summed E-state index contributed by atoms with van der Waals surface area (Å²) in [5, 5.41) is 5.94. The van der Waals surface area contributed by atoms with E-state index in [2.05, 4.69) is 42.6 Å². The lowest BCUT2D eigenvalue weighted by molar-refractivity contribution is -0.118. The second kappa shape index (κ2) is 7.73. The van der Waals surface area contributed by atoms with Crippen molar-refractivity contribution in [3.63, 3.8) is 0 Å². The van der Waals surface area contributed by atoms with Crippen LogP contribution in [0.25, 0.3) is 10.9 Å². The Bertz CT molecular complexity index is 902. The number of benzene rings is 1. The number of nitrogens with one attached hydrogen (secondary N) is 1. The van der Waals surface area contributed by atoms with Crippen LogP contribution in [0, 0.1) is 0 Å². The molecule has 1 aliphatic rings. The number of carbonyl (C=O) groups is 1. The number of carbonyl (C=O) groups excluding carboxylic acids is 1. The van der Waals surface area contributed by atoms with Crippen LogP contribution in [-0.4, -0.2) is 23.7 Å². The molecule has 0 spiro atoms. The van der Waals surface area contributed by atoms with Gasteiger partial charge in [0.1, 0.15) is 0 Å². The highest BCUT2D eigenvalue weighted by Gasteiger charge is 2.32. The molecule has 1 atom stereocenters. The number of para-hydroxylation sites is 1. The summed E-state index contributed by atoms with van der Waals surface area (Å²) in [7, 11) is -0.0830. The van der Waals surface area contributed by atoms with E-state index in [1.165, 1.54) is 6.92 Å². The zero-order valence-electron chi connectivity index (χ0n) is 13.6. The van der Waals surface area contributed by atoms with E-state index in [4.69, 9.17) is 9.17 Å². The van der Waals surface area contributed by atoms with Crippen molar-refractivity contribution in [1.82, 2.24) is 10.3 Å². The van der Waals surface area contributed by atoms with E-state index in [-0.39, 0.29) is 5.91 Å². The highest BCUT2D eigenvalue weighted by atomic mass is 79.9. The van der Waals surface area contributed by atoms with Crippen molar-refractivity contribution in [3.8, 4) is 5.88 Å². The van der Waals surface area contributed by atoms with Crippen molar-refractivity contribution >= 4 is 68.8 Å². The Kier molecular flexibility index (Phi) is 5.82. The summed E-state index contributed by atoms with van der Waals surface area (Å²) in [6.45, 7) is 1.98. The molecule has 4 nitrogen and oxygen atoms in total. The summed E-state index contributed by atoms with van der Waals surface area (Å²) in [4.78, 5) is 17.0. The molecular formula is C17H16Br2N2O2S2. The summed E-state index contributed by atoms with van der Waals surface area (Å²) in [5.74, 6) is 0.486. The molecular weight excluding hydrogens is 488 g/mol.